The number of fused-ring (bicyclic) bond motifs is 2. The van der Waals surface area contributed by atoms with Gasteiger partial charge in [-0.1, -0.05) is 74.1 Å². The average Bonchev–Trinajstić information content (AvgIpc) is 3.02. The lowest BCUT2D eigenvalue weighted by atomic mass is 9.83. The Bertz CT molecular complexity index is 686. The van der Waals surface area contributed by atoms with Crippen molar-refractivity contribution in [1.82, 2.24) is 0 Å². The molecule has 4 nitrogen and oxygen atoms in total. The fourth-order valence-corrected chi connectivity index (χ4v) is 11.4. The van der Waals surface area contributed by atoms with Crippen molar-refractivity contribution in [3.63, 3.8) is 0 Å². The molecule has 2 rings (SSSR count). The van der Waals surface area contributed by atoms with Crippen molar-refractivity contribution in [2.45, 2.75) is 147 Å². The zero-order valence-electron chi connectivity index (χ0n) is 23.8. The van der Waals surface area contributed by atoms with Gasteiger partial charge in [-0.05, 0) is 60.8 Å². The maximum atomic E-state index is 13.2. The molecule has 0 N–H and O–H groups in total. The lowest BCUT2D eigenvalue weighted by Crippen LogP contribution is -2.63. The molecule has 0 spiro atoms. The van der Waals surface area contributed by atoms with Crippen LogP contribution in [0.4, 0.5) is 0 Å². The summed E-state index contributed by atoms with van der Waals surface area (Å²) < 4.78 is 21.5. The van der Waals surface area contributed by atoms with Gasteiger partial charge in [0, 0.05) is 5.25 Å². The van der Waals surface area contributed by atoms with Crippen LogP contribution < -0.4 is 0 Å². The highest BCUT2D eigenvalue weighted by atomic mass is 32.2. The molecule has 33 heavy (non-hydrogen) atoms. The second kappa shape index (κ2) is 10.1. The van der Waals surface area contributed by atoms with Crippen molar-refractivity contribution < 1.29 is 18.1 Å². The Balaban J connectivity index is 2.57. The average molecular weight is 533 g/mol. The van der Waals surface area contributed by atoms with Gasteiger partial charge in [0.05, 0.1) is 24.2 Å². The fraction of sp³-hybridized carbons (Fsp3) is 0.960. The Labute approximate surface area is 212 Å². The van der Waals surface area contributed by atoms with Crippen LogP contribution in [0.5, 0.6) is 0 Å². The van der Waals surface area contributed by atoms with Crippen LogP contribution in [-0.2, 0) is 18.1 Å². The van der Waals surface area contributed by atoms with Gasteiger partial charge in [-0.2, -0.15) is 0 Å². The highest BCUT2D eigenvalue weighted by Gasteiger charge is 2.59. The van der Waals surface area contributed by atoms with Gasteiger partial charge in [0.2, 0.25) is 0 Å². The van der Waals surface area contributed by atoms with Crippen LogP contribution in [0.15, 0.2) is 0 Å². The molecule has 1 saturated carbocycles. The number of hydrogen-bond acceptors (Lipinski definition) is 5. The minimum absolute atomic E-state index is 0.0735. The summed E-state index contributed by atoms with van der Waals surface area (Å²) in [6, 6.07) is 3.27. The largest absolute Gasteiger partial charge is 0.410 e. The molecule has 0 aromatic carbocycles. The summed E-state index contributed by atoms with van der Waals surface area (Å²) >= 11 is 1.51. The van der Waals surface area contributed by atoms with E-state index in [2.05, 4.69) is 88.5 Å². The molecule has 8 heteroatoms. The molecule has 5 atom stereocenters. The number of thioether (sulfide) groups is 1. The first-order chi connectivity index (χ1) is 14.8. The quantitative estimate of drug-likeness (QED) is 0.283. The van der Waals surface area contributed by atoms with E-state index in [1.165, 1.54) is 11.8 Å². The Morgan fingerprint density at radius 3 is 1.58 bits per heavy atom. The van der Waals surface area contributed by atoms with Crippen molar-refractivity contribution in [1.29, 1.82) is 0 Å². The van der Waals surface area contributed by atoms with Crippen LogP contribution in [0.3, 0.4) is 0 Å². The molecule has 1 aliphatic carbocycles. The summed E-state index contributed by atoms with van der Waals surface area (Å²) in [6.07, 6.45) is 0.434. The van der Waals surface area contributed by atoms with E-state index in [-0.39, 0.29) is 44.7 Å². The van der Waals surface area contributed by atoms with Crippen molar-refractivity contribution in [3.05, 3.63) is 0 Å². The molecule has 1 aliphatic heterocycles. The predicted octanol–water partition coefficient (Wildman–Crippen LogP) is 7.82. The maximum absolute atomic E-state index is 13.2. The van der Waals surface area contributed by atoms with Crippen molar-refractivity contribution in [2.75, 3.05) is 0 Å². The molecule has 194 valence electrons. The Morgan fingerprint density at radius 1 is 0.758 bits per heavy atom. The Morgan fingerprint density at radius 2 is 1.18 bits per heavy atom. The first-order valence-corrected chi connectivity index (χ1v) is 22.3. The third-order valence-electron chi connectivity index (χ3n) is 9.26. The van der Waals surface area contributed by atoms with Gasteiger partial charge in [-0.25, -0.2) is 0 Å². The van der Waals surface area contributed by atoms with Crippen LogP contribution in [-0.4, -0.2) is 53.6 Å². The number of rotatable bonds is 9. The van der Waals surface area contributed by atoms with Gasteiger partial charge in [-0.3, -0.25) is 4.79 Å². The van der Waals surface area contributed by atoms with E-state index in [0.29, 0.717) is 0 Å². The van der Waals surface area contributed by atoms with Crippen molar-refractivity contribution in [3.8, 4) is 0 Å². The summed E-state index contributed by atoms with van der Waals surface area (Å²) in [6.45, 7) is 29.8. The predicted molar refractivity (Wildman–Crippen MR) is 151 cm³/mol. The van der Waals surface area contributed by atoms with Crippen LogP contribution in [0.1, 0.15) is 68.7 Å². The summed E-state index contributed by atoms with van der Waals surface area (Å²) in [5.41, 5.74) is 0. The van der Waals surface area contributed by atoms with Gasteiger partial charge >= 0.3 is 0 Å². The molecule has 2 fully saturated rings. The molecular weight excluding hydrogens is 481 g/mol. The minimum atomic E-state index is -2.10. The third-order valence-corrected chi connectivity index (χ3v) is 24.1. The van der Waals surface area contributed by atoms with Crippen LogP contribution in [0, 0.1) is 5.92 Å². The third kappa shape index (κ3) is 6.10. The van der Waals surface area contributed by atoms with E-state index >= 15 is 0 Å². The van der Waals surface area contributed by atoms with E-state index in [1.54, 1.807) is 0 Å². The maximum Gasteiger partial charge on any atom is 0.195 e. The smallest absolute Gasteiger partial charge is 0.195 e. The lowest BCUT2D eigenvalue weighted by Gasteiger charge is -2.51. The molecule has 1 heterocycles. The highest BCUT2D eigenvalue weighted by molar-refractivity contribution is 8.14. The molecule has 2 aliphatic rings. The first kappa shape index (κ1) is 29.8. The van der Waals surface area contributed by atoms with E-state index in [4.69, 9.17) is 13.3 Å². The van der Waals surface area contributed by atoms with Crippen LogP contribution in [0.2, 0.25) is 54.4 Å². The Kier molecular flexibility index (Phi) is 9.14. The molecule has 0 aromatic heterocycles. The summed E-state index contributed by atoms with van der Waals surface area (Å²) in [5.74, 6) is -0.0735. The second-order valence-electron chi connectivity index (χ2n) is 13.3. The van der Waals surface area contributed by atoms with E-state index in [1.807, 2.05) is 0 Å². The zero-order valence-corrected chi connectivity index (χ0v) is 27.6. The van der Waals surface area contributed by atoms with Gasteiger partial charge in [0.1, 0.15) is 0 Å². The van der Waals surface area contributed by atoms with Gasteiger partial charge < -0.3 is 13.3 Å². The van der Waals surface area contributed by atoms with E-state index in [0.717, 1.165) is 24.6 Å². The number of hydrogen-bond donors (Lipinski definition) is 0. The fourth-order valence-electron chi connectivity index (χ4n) is 4.48. The van der Waals surface area contributed by atoms with E-state index in [9.17, 15) is 4.79 Å². The molecule has 0 radical (unpaired) electrons. The van der Waals surface area contributed by atoms with Crippen molar-refractivity contribution >= 4 is 41.8 Å². The van der Waals surface area contributed by atoms with E-state index < -0.39 is 25.0 Å². The summed E-state index contributed by atoms with van der Waals surface area (Å²) in [7, 11) is -6.10. The summed E-state index contributed by atoms with van der Waals surface area (Å²) in [4.78, 5) is 13.2. The van der Waals surface area contributed by atoms with Gasteiger partial charge in [0.15, 0.2) is 30.1 Å². The molecule has 0 aromatic rings. The van der Waals surface area contributed by atoms with Crippen LogP contribution >= 0.6 is 11.8 Å². The monoisotopic (exact) mass is 532 g/mol. The zero-order chi connectivity index (χ0) is 25.6. The van der Waals surface area contributed by atoms with Crippen molar-refractivity contribution in [2.24, 2.45) is 5.92 Å². The number of carbonyl (C=O) groups excluding carboxylic acids is 1. The minimum Gasteiger partial charge on any atom is -0.410 e. The van der Waals surface area contributed by atoms with Crippen LogP contribution in [0.25, 0.3) is 0 Å². The number of carbonyl (C=O) groups is 1. The molecule has 2 bridgehead atoms. The topological polar surface area (TPSA) is 44.8 Å². The molecule has 0 unspecified atom stereocenters. The lowest BCUT2D eigenvalue weighted by molar-refractivity contribution is -0.125. The van der Waals surface area contributed by atoms with Gasteiger partial charge in [-0.15, -0.1) is 0 Å². The second-order valence-corrected chi connectivity index (χ2v) is 28.8. The molecule has 1 saturated heterocycles. The molecule has 0 amide bonds. The standard InChI is InChI=1S/C25H52O4SSi3/c1-14-33(15-2,16-3)29-22-20(27-31(10,11)24(4,5)6)18-17-19(30-23(18)26)21(22)28-32(12,13)25(7,8)9/h18-22H,14-17H2,1-13H3/t18-,19+,20-,21-,22+/m0/s1. The normalized spacial score (nSPS) is 29.6. The Hall–Kier alpha value is 0.551. The summed E-state index contributed by atoms with van der Waals surface area (Å²) in [5, 5.41) is 0.647. The molecular formula is C25H52O4SSi3. The SMILES string of the molecule is CC[Si](CC)(CC)O[C@@H]1[C@@H](O[Si](C)(C)C(C)(C)C)[C@@H]2C[C@@H](SC2=O)[C@@H]1O[Si](C)(C)C(C)(C)C. The van der Waals surface area contributed by atoms with Gasteiger partial charge in [0.25, 0.3) is 0 Å². The highest BCUT2D eigenvalue weighted by Crippen LogP contribution is 2.51. The first-order valence-electron chi connectivity index (χ1n) is 13.1.